The summed E-state index contributed by atoms with van der Waals surface area (Å²) in [6.07, 6.45) is 7.38. The zero-order chi connectivity index (χ0) is 19.3. The van der Waals surface area contributed by atoms with E-state index < -0.39 is 9.84 Å². The van der Waals surface area contributed by atoms with E-state index in [0.29, 0.717) is 26.2 Å². The smallest absolute Gasteiger partial charge is 0.228 e. The zero-order valence-corrected chi connectivity index (χ0v) is 16.8. The van der Waals surface area contributed by atoms with Gasteiger partial charge in [0.05, 0.1) is 22.8 Å². The predicted molar refractivity (Wildman–Crippen MR) is 99.8 cm³/mol. The lowest BCUT2D eigenvalue weighted by atomic mass is 10.3. The maximum absolute atomic E-state index is 13.1. The summed E-state index contributed by atoms with van der Waals surface area (Å²) >= 11 is 0. The van der Waals surface area contributed by atoms with Crippen LogP contribution in [0.25, 0.3) is 0 Å². The lowest BCUT2D eigenvalue weighted by molar-refractivity contribution is 0.188. The Morgan fingerprint density at radius 3 is 2.78 bits per heavy atom. The molecule has 150 valence electrons. The number of hydrogen-bond donors (Lipinski definition) is 0. The first kappa shape index (κ1) is 20.0. The number of sulfone groups is 1. The molecule has 8 nitrogen and oxygen atoms in total. The van der Waals surface area contributed by atoms with Crippen LogP contribution in [0.15, 0.2) is 28.2 Å². The van der Waals surface area contributed by atoms with Gasteiger partial charge in [-0.2, -0.15) is 0 Å². The standard InChI is InChI=1S/C18H28N4O4S/c1-21(13-15-8-11-26-20-15)14-16-12-19-18(22(16)9-5-10-25-2)27(23,24)17-6-3-4-7-17/h8,11-12,17H,3-7,9-10,13-14H2,1-2H3. The molecule has 1 aliphatic carbocycles. The van der Waals surface area contributed by atoms with Crippen molar-refractivity contribution in [1.82, 2.24) is 19.6 Å². The Morgan fingerprint density at radius 1 is 1.33 bits per heavy atom. The molecule has 2 aromatic rings. The van der Waals surface area contributed by atoms with Crippen molar-refractivity contribution < 1.29 is 17.7 Å². The molecular formula is C18H28N4O4S. The Kier molecular flexibility index (Phi) is 6.67. The highest BCUT2D eigenvalue weighted by atomic mass is 32.2. The molecule has 1 saturated carbocycles. The summed E-state index contributed by atoms with van der Waals surface area (Å²) < 4.78 is 38.1. The normalized spacial score (nSPS) is 15.8. The van der Waals surface area contributed by atoms with E-state index in [9.17, 15) is 8.42 Å². The van der Waals surface area contributed by atoms with Crippen LogP contribution < -0.4 is 0 Å². The van der Waals surface area contributed by atoms with Crippen molar-refractivity contribution in [1.29, 1.82) is 0 Å². The lowest BCUT2D eigenvalue weighted by Crippen LogP contribution is -2.25. The lowest BCUT2D eigenvalue weighted by Gasteiger charge is -2.18. The molecule has 0 amide bonds. The average Bonchev–Trinajstić information content (AvgIpc) is 3.37. The monoisotopic (exact) mass is 396 g/mol. The highest BCUT2D eigenvalue weighted by Gasteiger charge is 2.34. The van der Waals surface area contributed by atoms with Crippen molar-refractivity contribution >= 4 is 9.84 Å². The molecule has 0 atom stereocenters. The van der Waals surface area contributed by atoms with Gasteiger partial charge in [-0.15, -0.1) is 0 Å². The molecule has 2 heterocycles. The van der Waals surface area contributed by atoms with Crippen LogP contribution in [0.3, 0.4) is 0 Å². The van der Waals surface area contributed by atoms with Crippen molar-refractivity contribution in [2.75, 3.05) is 20.8 Å². The number of ether oxygens (including phenoxy) is 1. The van der Waals surface area contributed by atoms with Gasteiger partial charge in [0.25, 0.3) is 0 Å². The Labute approximate surface area is 160 Å². The third-order valence-corrected chi connectivity index (χ3v) is 7.17. The van der Waals surface area contributed by atoms with Gasteiger partial charge < -0.3 is 13.8 Å². The first-order chi connectivity index (χ1) is 13.0. The van der Waals surface area contributed by atoms with Crippen LogP contribution >= 0.6 is 0 Å². The second-order valence-corrected chi connectivity index (χ2v) is 9.27. The van der Waals surface area contributed by atoms with Gasteiger partial charge in [-0.3, -0.25) is 4.90 Å². The highest BCUT2D eigenvalue weighted by Crippen LogP contribution is 2.29. The molecule has 0 unspecified atom stereocenters. The third-order valence-electron chi connectivity index (χ3n) is 4.98. The molecule has 0 aromatic carbocycles. The number of imidazole rings is 1. The van der Waals surface area contributed by atoms with Crippen LogP contribution in [0.5, 0.6) is 0 Å². The zero-order valence-electron chi connectivity index (χ0n) is 16.0. The predicted octanol–water partition coefficient (Wildman–Crippen LogP) is 2.26. The van der Waals surface area contributed by atoms with E-state index in [1.807, 2.05) is 17.7 Å². The van der Waals surface area contributed by atoms with Crippen LogP contribution in [0.4, 0.5) is 0 Å². The molecule has 0 N–H and O–H groups in total. The first-order valence-electron chi connectivity index (χ1n) is 9.37. The molecule has 0 spiro atoms. The molecule has 0 saturated heterocycles. The number of rotatable bonds is 10. The fourth-order valence-electron chi connectivity index (χ4n) is 3.63. The van der Waals surface area contributed by atoms with Crippen LogP contribution in [0.1, 0.15) is 43.5 Å². The van der Waals surface area contributed by atoms with Gasteiger partial charge in [0.2, 0.25) is 15.0 Å². The summed E-state index contributed by atoms with van der Waals surface area (Å²) in [5.74, 6) is 0. The van der Waals surface area contributed by atoms with Crippen molar-refractivity contribution in [3.8, 4) is 0 Å². The number of hydrogen-bond acceptors (Lipinski definition) is 7. The van der Waals surface area contributed by atoms with E-state index in [4.69, 9.17) is 9.26 Å². The van der Waals surface area contributed by atoms with Gasteiger partial charge in [0.15, 0.2) is 0 Å². The van der Waals surface area contributed by atoms with Crippen molar-refractivity contribution in [3.05, 3.63) is 29.9 Å². The van der Waals surface area contributed by atoms with E-state index in [1.165, 1.54) is 0 Å². The summed E-state index contributed by atoms with van der Waals surface area (Å²) in [4.78, 5) is 6.40. The fraction of sp³-hybridized carbons (Fsp3) is 0.667. The van der Waals surface area contributed by atoms with E-state index in [-0.39, 0.29) is 10.4 Å². The van der Waals surface area contributed by atoms with Gasteiger partial charge in [-0.25, -0.2) is 13.4 Å². The van der Waals surface area contributed by atoms with Crippen LogP contribution in [-0.4, -0.2) is 54.0 Å². The number of aromatic nitrogens is 3. The molecule has 0 bridgehead atoms. The third kappa shape index (κ3) is 4.77. The van der Waals surface area contributed by atoms with E-state index in [2.05, 4.69) is 15.0 Å². The van der Waals surface area contributed by atoms with Crippen LogP contribution in [0, 0.1) is 0 Å². The van der Waals surface area contributed by atoms with Gasteiger partial charge in [0, 0.05) is 39.4 Å². The fourth-order valence-corrected chi connectivity index (χ4v) is 5.59. The summed E-state index contributed by atoms with van der Waals surface area (Å²) in [6, 6.07) is 1.82. The van der Waals surface area contributed by atoms with Crippen molar-refractivity contribution in [3.63, 3.8) is 0 Å². The van der Waals surface area contributed by atoms with Crippen molar-refractivity contribution in [2.45, 2.75) is 62.1 Å². The minimum absolute atomic E-state index is 0.204. The number of nitrogens with zero attached hydrogens (tertiary/aromatic N) is 4. The van der Waals surface area contributed by atoms with E-state index in [1.54, 1.807) is 19.6 Å². The Balaban J connectivity index is 1.81. The van der Waals surface area contributed by atoms with Gasteiger partial charge >= 0.3 is 0 Å². The van der Waals surface area contributed by atoms with E-state index >= 15 is 0 Å². The number of methoxy groups -OCH3 is 1. The SMILES string of the molecule is COCCCn1c(CN(C)Cc2ccon2)cnc1S(=O)(=O)C1CCCC1. The molecule has 3 rings (SSSR count). The molecule has 1 fully saturated rings. The molecular weight excluding hydrogens is 368 g/mol. The second kappa shape index (κ2) is 8.99. The van der Waals surface area contributed by atoms with Crippen LogP contribution in [0.2, 0.25) is 0 Å². The summed E-state index contributed by atoms with van der Waals surface area (Å²) in [5.41, 5.74) is 1.72. The summed E-state index contributed by atoms with van der Waals surface area (Å²) in [7, 11) is 0.208. The molecule has 27 heavy (non-hydrogen) atoms. The topological polar surface area (TPSA) is 90.5 Å². The molecule has 0 aliphatic heterocycles. The maximum Gasteiger partial charge on any atom is 0.228 e. The van der Waals surface area contributed by atoms with Crippen molar-refractivity contribution in [2.24, 2.45) is 0 Å². The van der Waals surface area contributed by atoms with Crippen LogP contribution in [-0.2, 0) is 34.2 Å². The quantitative estimate of drug-likeness (QED) is 0.569. The molecule has 2 aromatic heterocycles. The first-order valence-corrected chi connectivity index (χ1v) is 10.9. The Hall–Kier alpha value is -1.71. The second-order valence-electron chi connectivity index (χ2n) is 7.14. The summed E-state index contributed by atoms with van der Waals surface area (Å²) in [5, 5.41) is 3.83. The molecule has 0 radical (unpaired) electrons. The Morgan fingerprint density at radius 2 is 2.11 bits per heavy atom. The van der Waals surface area contributed by atoms with E-state index in [0.717, 1.165) is 43.5 Å². The minimum Gasteiger partial charge on any atom is -0.385 e. The largest absolute Gasteiger partial charge is 0.385 e. The van der Waals surface area contributed by atoms with Gasteiger partial charge in [0.1, 0.15) is 6.26 Å². The molecule has 9 heteroatoms. The summed E-state index contributed by atoms with van der Waals surface area (Å²) in [6.45, 7) is 2.34. The van der Waals surface area contributed by atoms with Gasteiger partial charge in [-0.05, 0) is 26.3 Å². The van der Waals surface area contributed by atoms with Gasteiger partial charge in [-0.1, -0.05) is 18.0 Å². The Bertz CT molecular complexity index is 811. The molecule has 1 aliphatic rings. The average molecular weight is 397 g/mol. The minimum atomic E-state index is -3.41. The maximum atomic E-state index is 13.1. The highest BCUT2D eigenvalue weighted by molar-refractivity contribution is 7.91.